The fourth-order valence-corrected chi connectivity index (χ4v) is 8.09. The number of hydrogen-bond acceptors (Lipinski definition) is 17. The summed E-state index contributed by atoms with van der Waals surface area (Å²) in [5.74, 6) is -1.40. The zero-order chi connectivity index (χ0) is 31.7. The molecule has 0 saturated carbocycles. The molecule has 12 atom stereocenters. The number of aliphatic hydroxyl groups excluding tert-OH is 4. The van der Waals surface area contributed by atoms with E-state index in [-0.39, 0.29) is 11.4 Å². The number of halogens is 1. The molecule has 2 aliphatic heterocycles. The normalized spacial score (nSPS) is 35.3. The van der Waals surface area contributed by atoms with Gasteiger partial charge >= 0.3 is 14.6 Å². The molecule has 4 heterocycles. The second-order valence-electron chi connectivity index (χ2n) is 9.69. The van der Waals surface area contributed by atoms with Crippen molar-refractivity contribution in [1.82, 2.24) is 15.3 Å². The number of ether oxygens (including phenoxy) is 3. The molecule has 8 N–H and O–H groups in total. The number of rotatable bonds is 12. The number of nitrogens with zero attached hydrogens (tertiary/aromatic N) is 2. The Morgan fingerprint density at radius 2 is 1.98 bits per heavy atom. The van der Waals surface area contributed by atoms with E-state index in [2.05, 4.69) is 31.8 Å². The minimum absolute atomic E-state index is 0.112. The lowest BCUT2D eigenvalue weighted by Gasteiger charge is -2.27. The number of anilines is 1. The van der Waals surface area contributed by atoms with Gasteiger partial charge in [0.25, 0.3) is 0 Å². The van der Waals surface area contributed by atoms with Gasteiger partial charge in [0, 0.05) is 18.6 Å². The van der Waals surface area contributed by atoms with Crippen molar-refractivity contribution in [2.24, 2.45) is 5.92 Å². The van der Waals surface area contributed by atoms with Crippen LogP contribution in [0.25, 0.3) is 11.1 Å². The Labute approximate surface area is 248 Å². The molecule has 22 heteroatoms. The summed E-state index contributed by atoms with van der Waals surface area (Å²) in [6, 6.07) is -0.585. The average Bonchev–Trinajstić information content (AvgIpc) is 3.52. The third-order valence-corrected chi connectivity index (χ3v) is 10.7. The minimum atomic E-state index is -5.43. The topological polar surface area (TPSA) is 268 Å². The third kappa shape index (κ3) is 7.57. The fourth-order valence-electron chi connectivity index (χ4n) is 4.89. The molecule has 2 aromatic rings. The van der Waals surface area contributed by atoms with Gasteiger partial charge in [-0.05, 0) is 7.05 Å². The largest absolute Gasteiger partial charge is 0.482 e. The number of hydrogen-bond donors (Lipinski definition) is 8. The van der Waals surface area contributed by atoms with E-state index in [1.165, 1.54) is 19.7 Å². The zero-order valence-electron chi connectivity index (χ0n) is 22.7. The Bertz CT molecular complexity index is 1350. The molecule has 0 aliphatic carbocycles. The highest BCUT2D eigenvalue weighted by atomic mass is 32.7. The quantitative estimate of drug-likeness (QED) is 0.103. The number of methoxy groups -OCH3 is 1. The van der Waals surface area contributed by atoms with Gasteiger partial charge in [-0.2, -0.15) is 4.31 Å². The maximum atomic E-state index is 14.0. The molecule has 244 valence electrons. The molecule has 2 saturated heterocycles. The molecule has 43 heavy (non-hydrogen) atoms. The number of aliphatic hydroxyl groups is 4. The van der Waals surface area contributed by atoms with Crippen LogP contribution in [0, 0.1) is 5.92 Å². The molecule has 4 rings (SSSR count). The molecule has 0 radical (unpaired) electrons. The Hall–Kier alpha value is -1.32. The number of alkyl halides is 1. The van der Waals surface area contributed by atoms with Crippen LogP contribution in [0.2, 0.25) is 0 Å². The Balaban J connectivity index is 1.42. The summed E-state index contributed by atoms with van der Waals surface area (Å²) < 4.78 is 76.4. The summed E-state index contributed by atoms with van der Waals surface area (Å²) in [6.07, 6.45) is -10.1. The SMILES string of the molecule is CN[C@H]1[C@@H](OC)[C@H](c2coc3c(N)ncnc23)O[C@@H]1COP(=O)(S)OP(=O)(O)OC1OCC([C@@H](F)CO)C(O)C(O)C1O. The van der Waals surface area contributed by atoms with Gasteiger partial charge in [0.2, 0.25) is 0 Å². The first-order valence-corrected chi connectivity index (χ1v) is 16.9. The van der Waals surface area contributed by atoms with Gasteiger partial charge in [-0.3, -0.25) is 9.05 Å². The van der Waals surface area contributed by atoms with E-state index < -0.39 is 95.5 Å². The number of fused-ring (bicyclic) bond motifs is 1. The number of phosphoric ester groups is 1. The van der Waals surface area contributed by atoms with Crippen LogP contribution in [0.15, 0.2) is 17.0 Å². The van der Waals surface area contributed by atoms with E-state index in [0.29, 0.717) is 11.1 Å². The van der Waals surface area contributed by atoms with Gasteiger partial charge in [0.05, 0.1) is 38.2 Å². The van der Waals surface area contributed by atoms with E-state index in [9.17, 15) is 33.7 Å². The second kappa shape index (κ2) is 14.0. The molecule has 2 aromatic heterocycles. The second-order valence-corrected chi connectivity index (χ2v) is 14.2. The molecule has 18 nitrogen and oxygen atoms in total. The first kappa shape index (κ1) is 34.6. The maximum Gasteiger partial charge on any atom is 0.482 e. The van der Waals surface area contributed by atoms with Gasteiger partial charge in [0.1, 0.15) is 48.5 Å². The van der Waals surface area contributed by atoms with E-state index in [4.69, 9.17) is 38.5 Å². The van der Waals surface area contributed by atoms with Crippen LogP contribution < -0.4 is 11.1 Å². The highest BCUT2D eigenvalue weighted by molar-refractivity contribution is 8.45. The van der Waals surface area contributed by atoms with Crippen molar-refractivity contribution in [3.8, 4) is 0 Å². The summed E-state index contributed by atoms with van der Waals surface area (Å²) >= 11 is 3.72. The number of nitrogens with two attached hydrogens (primary N) is 1. The Morgan fingerprint density at radius 3 is 2.63 bits per heavy atom. The van der Waals surface area contributed by atoms with E-state index in [1.807, 2.05) is 0 Å². The van der Waals surface area contributed by atoms with E-state index in [1.54, 1.807) is 7.05 Å². The van der Waals surface area contributed by atoms with Crippen molar-refractivity contribution in [3.05, 3.63) is 18.2 Å². The first-order valence-electron chi connectivity index (χ1n) is 12.7. The predicted molar refractivity (Wildman–Crippen MR) is 145 cm³/mol. The number of phosphoric acid groups is 1. The molecule has 0 aromatic carbocycles. The van der Waals surface area contributed by atoms with Crippen LogP contribution in [0.5, 0.6) is 0 Å². The third-order valence-electron chi connectivity index (χ3n) is 7.05. The average molecular weight is 679 g/mol. The molecular weight excluding hydrogens is 645 g/mol. The van der Waals surface area contributed by atoms with E-state index >= 15 is 0 Å². The molecule has 0 bridgehead atoms. The van der Waals surface area contributed by atoms with Crippen LogP contribution in [0.3, 0.4) is 0 Å². The zero-order valence-corrected chi connectivity index (χ0v) is 25.3. The molecule has 7 unspecified atom stereocenters. The monoisotopic (exact) mass is 678 g/mol. The maximum absolute atomic E-state index is 14.0. The number of furan rings is 1. The molecule has 0 spiro atoms. The van der Waals surface area contributed by atoms with Crippen LogP contribution >= 0.6 is 26.9 Å². The van der Waals surface area contributed by atoms with Gasteiger partial charge in [-0.15, -0.1) is 0 Å². The van der Waals surface area contributed by atoms with Crippen LogP contribution in [-0.2, 0) is 36.7 Å². The highest BCUT2D eigenvalue weighted by Gasteiger charge is 2.49. The van der Waals surface area contributed by atoms with Crippen molar-refractivity contribution in [1.29, 1.82) is 0 Å². The highest BCUT2D eigenvalue weighted by Crippen LogP contribution is 2.66. The van der Waals surface area contributed by atoms with Crippen molar-refractivity contribution in [2.45, 2.75) is 55.1 Å². The Kier molecular flexibility index (Phi) is 11.2. The summed E-state index contributed by atoms with van der Waals surface area (Å²) in [5.41, 5.74) is 6.94. The van der Waals surface area contributed by atoms with Crippen LogP contribution in [-0.4, -0.2) is 118 Å². The molecule has 2 aliphatic rings. The van der Waals surface area contributed by atoms with Crippen molar-refractivity contribution < 1.29 is 70.8 Å². The summed E-state index contributed by atoms with van der Waals surface area (Å²) in [7, 11) is -2.38. The number of likely N-dealkylation sites (N-methyl/N-ethyl adjacent to an activating group) is 1. The van der Waals surface area contributed by atoms with Gasteiger partial charge < -0.3 is 55.0 Å². The van der Waals surface area contributed by atoms with Gasteiger partial charge in [-0.1, -0.05) is 12.2 Å². The van der Waals surface area contributed by atoms with Crippen LogP contribution in [0.4, 0.5) is 10.2 Å². The van der Waals surface area contributed by atoms with Crippen molar-refractivity contribution >= 4 is 43.8 Å². The molecular formula is C21H33FN4O14P2S. The summed E-state index contributed by atoms with van der Waals surface area (Å²) in [6.45, 7) is -6.99. The predicted octanol–water partition coefficient (Wildman–Crippen LogP) is -0.578. The smallest absolute Gasteiger partial charge is 0.458 e. The lowest BCUT2D eigenvalue weighted by molar-refractivity contribution is -0.173. The van der Waals surface area contributed by atoms with Crippen molar-refractivity contribution in [3.63, 3.8) is 0 Å². The van der Waals surface area contributed by atoms with Crippen LogP contribution in [0.1, 0.15) is 11.7 Å². The lowest BCUT2D eigenvalue weighted by Crippen LogP contribution is -2.47. The summed E-state index contributed by atoms with van der Waals surface area (Å²) in [5, 5.41) is 42.5. The first-order chi connectivity index (χ1) is 20.2. The minimum Gasteiger partial charge on any atom is -0.458 e. The molecule has 2 fully saturated rings. The van der Waals surface area contributed by atoms with E-state index in [0.717, 1.165) is 0 Å². The number of nitrogens with one attached hydrogen (secondary N) is 1. The Morgan fingerprint density at radius 1 is 1.26 bits per heavy atom. The lowest BCUT2D eigenvalue weighted by atomic mass is 9.93. The number of nitrogen functional groups attached to an aromatic ring is 1. The number of aromatic nitrogens is 2. The fraction of sp³-hybridized carbons (Fsp3) is 0.714. The standard InChI is InChI=1S/C21H33FN4O14P2S/c1-24-13-11(38-17(18(13)34-2)9-5-35-19-12(9)25-7-26-20(19)23)6-37-42(33,43)40-41(31,32)39-21-16(30)15(29)14(28)8(4-36-21)10(22)3-27/h5,7-8,10-11,13-18,21,24,27-30H,3-4,6H2,1-2H3,(H,31,32)(H,33,43)(H2,23,25,26)/t8?,10-,11+,13+,14?,15?,16?,17-,18+,21?,42?/m0/s1. The molecule has 0 amide bonds. The number of thiol groups is 1. The van der Waals surface area contributed by atoms with Gasteiger partial charge in [-0.25, -0.2) is 23.5 Å². The van der Waals surface area contributed by atoms with Gasteiger partial charge in [0.15, 0.2) is 17.7 Å². The summed E-state index contributed by atoms with van der Waals surface area (Å²) in [4.78, 5) is 18.3. The van der Waals surface area contributed by atoms with Crippen molar-refractivity contribution in [2.75, 3.05) is 39.7 Å².